The molecule has 0 aliphatic heterocycles. The van der Waals surface area contributed by atoms with Gasteiger partial charge in [-0.3, -0.25) is 4.79 Å². The Morgan fingerprint density at radius 1 is 1.09 bits per heavy atom. The van der Waals surface area contributed by atoms with E-state index in [1.807, 2.05) is 45.0 Å². The average molecular weight is 468 g/mol. The van der Waals surface area contributed by atoms with Gasteiger partial charge in [0.2, 0.25) is 0 Å². The number of nitriles is 1. The third-order valence-electron chi connectivity index (χ3n) is 7.42. The van der Waals surface area contributed by atoms with Crippen molar-refractivity contribution in [2.24, 2.45) is 0 Å². The largest absolute Gasteiger partial charge is 0.493 e. The Morgan fingerprint density at radius 2 is 1.76 bits per heavy atom. The zero-order valence-corrected chi connectivity index (χ0v) is 21.7. The Balaban J connectivity index is 2.38. The van der Waals surface area contributed by atoms with Gasteiger partial charge in [-0.2, -0.15) is 5.26 Å². The third-order valence-corrected chi connectivity index (χ3v) is 7.42. The van der Waals surface area contributed by atoms with Crippen LogP contribution in [0.2, 0.25) is 0 Å². The quantitative estimate of drug-likeness (QED) is 0.381. The summed E-state index contributed by atoms with van der Waals surface area (Å²) in [7, 11) is 0. The van der Waals surface area contributed by atoms with Crippen LogP contribution in [0.25, 0.3) is 0 Å². The molecular weight excluding hydrogens is 426 g/mol. The van der Waals surface area contributed by atoms with E-state index >= 15 is 0 Å². The summed E-state index contributed by atoms with van der Waals surface area (Å²) >= 11 is 0. The molecule has 1 aromatic heterocycles. The van der Waals surface area contributed by atoms with Gasteiger partial charge in [0.25, 0.3) is 5.91 Å². The van der Waals surface area contributed by atoms with Gasteiger partial charge in [0.05, 0.1) is 18.3 Å². The fourth-order valence-corrected chi connectivity index (χ4v) is 4.87. The number of aromatic nitrogens is 1. The number of carbonyl (C=O) groups is 1. The molecule has 0 aliphatic carbocycles. The molecule has 6 nitrogen and oxygen atoms in total. The number of ether oxygens (including phenoxy) is 1. The number of aliphatic hydroxyl groups is 1. The second-order valence-corrected chi connectivity index (χ2v) is 8.99. The van der Waals surface area contributed by atoms with Crippen molar-refractivity contribution in [1.82, 2.24) is 9.88 Å². The predicted molar refractivity (Wildman–Crippen MR) is 136 cm³/mol. The molecule has 186 valence electrons. The summed E-state index contributed by atoms with van der Waals surface area (Å²) in [6.45, 7) is 13.6. The lowest BCUT2D eigenvalue weighted by Crippen LogP contribution is -2.32. The normalized spacial score (nSPS) is 11.8. The lowest BCUT2D eigenvalue weighted by molar-refractivity contribution is 0.0116. The van der Waals surface area contributed by atoms with E-state index < -0.39 is 5.60 Å². The number of nitrogens with zero attached hydrogens (tertiary/aromatic N) is 2. The van der Waals surface area contributed by atoms with E-state index in [1.54, 1.807) is 0 Å². The molecule has 0 saturated heterocycles. The highest BCUT2D eigenvalue weighted by molar-refractivity contribution is 5.93. The predicted octanol–water partition coefficient (Wildman–Crippen LogP) is 5.50. The molecule has 6 heteroatoms. The number of rotatable bonds is 13. The lowest BCUT2D eigenvalue weighted by atomic mass is 9.72. The molecule has 0 saturated carbocycles. The Kier molecular flexibility index (Phi) is 9.76. The van der Waals surface area contributed by atoms with Crippen LogP contribution in [0.4, 0.5) is 0 Å². The van der Waals surface area contributed by atoms with Gasteiger partial charge >= 0.3 is 0 Å². The second-order valence-electron chi connectivity index (χ2n) is 8.99. The zero-order valence-electron chi connectivity index (χ0n) is 21.7. The van der Waals surface area contributed by atoms with Gasteiger partial charge in [0.1, 0.15) is 18.0 Å². The van der Waals surface area contributed by atoms with Crippen molar-refractivity contribution in [3.63, 3.8) is 0 Å². The first-order chi connectivity index (χ1) is 16.3. The fourth-order valence-electron chi connectivity index (χ4n) is 4.87. The van der Waals surface area contributed by atoms with E-state index in [2.05, 4.69) is 42.8 Å². The van der Waals surface area contributed by atoms with E-state index in [9.17, 15) is 9.90 Å². The Bertz CT molecular complexity index is 995. The molecule has 0 aliphatic rings. The van der Waals surface area contributed by atoms with Crippen LogP contribution < -0.4 is 10.1 Å². The van der Waals surface area contributed by atoms with Gasteiger partial charge in [-0.05, 0) is 68.9 Å². The maximum absolute atomic E-state index is 12.6. The summed E-state index contributed by atoms with van der Waals surface area (Å²) in [6.07, 6.45) is 3.80. The molecule has 2 N–H and O–H groups in total. The molecule has 1 aromatic carbocycles. The summed E-state index contributed by atoms with van der Waals surface area (Å²) in [5.74, 6) is 0.608. The van der Waals surface area contributed by atoms with E-state index in [-0.39, 0.29) is 17.9 Å². The van der Waals surface area contributed by atoms with E-state index in [0.29, 0.717) is 38.1 Å². The number of aryl methyl sites for hydroxylation is 1. The highest BCUT2D eigenvalue weighted by atomic mass is 16.5. The van der Waals surface area contributed by atoms with Crippen LogP contribution in [0.3, 0.4) is 0 Å². The monoisotopic (exact) mass is 467 g/mol. The second kappa shape index (κ2) is 12.1. The molecule has 0 fully saturated rings. The first-order valence-corrected chi connectivity index (χ1v) is 12.6. The highest BCUT2D eigenvalue weighted by Crippen LogP contribution is 2.41. The minimum absolute atomic E-state index is 0.00959. The summed E-state index contributed by atoms with van der Waals surface area (Å²) in [5, 5.41) is 22.0. The van der Waals surface area contributed by atoms with Crippen LogP contribution in [0.5, 0.6) is 5.75 Å². The first kappa shape index (κ1) is 27.5. The third kappa shape index (κ3) is 5.64. The summed E-state index contributed by atoms with van der Waals surface area (Å²) < 4.78 is 8.12. The van der Waals surface area contributed by atoms with Gasteiger partial charge in [-0.15, -0.1) is 0 Å². The Hall–Kier alpha value is -2.78. The van der Waals surface area contributed by atoms with Gasteiger partial charge < -0.3 is 19.7 Å². The van der Waals surface area contributed by atoms with Crippen molar-refractivity contribution in [2.45, 2.75) is 91.2 Å². The molecule has 0 spiro atoms. The molecule has 0 bridgehead atoms. The van der Waals surface area contributed by atoms with Gasteiger partial charge in [-0.1, -0.05) is 39.8 Å². The molecule has 0 atom stereocenters. The average Bonchev–Trinajstić information content (AvgIpc) is 3.29. The van der Waals surface area contributed by atoms with Crippen molar-refractivity contribution in [3.05, 3.63) is 52.8 Å². The number of nitrogens with one attached hydrogen (secondary N) is 1. The van der Waals surface area contributed by atoms with Crippen LogP contribution in [-0.4, -0.2) is 34.3 Å². The minimum Gasteiger partial charge on any atom is -0.493 e. The smallest absolute Gasteiger partial charge is 0.268 e. The highest BCUT2D eigenvalue weighted by Gasteiger charge is 2.35. The van der Waals surface area contributed by atoms with Crippen LogP contribution >= 0.6 is 0 Å². The maximum Gasteiger partial charge on any atom is 0.268 e. The molecule has 0 radical (unpaired) electrons. The topological polar surface area (TPSA) is 87.3 Å². The van der Waals surface area contributed by atoms with Gasteiger partial charge in [-0.25, -0.2) is 0 Å². The van der Waals surface area contributed by atoms with Crippen molar-refractivity contribution in [2.75, 3.05) is 13.2 Å². The number of hydrogen-bond donors (Lipinski definition) is 2. The van der Waals surface area contributed by atoms with Crippen LogP contribution in [-0.2, 0) is 12.0 Å². The molecule has 34 heavy (non-hydrogen) atoms. The summed E-state index contributed by atoms with van der Waals surface area (Å²) in [6, 6.07) is 12.2. The van der Waals surface area contributed by atoms with Crippen molar-refractivity contribution in [1.29, 1.82) is 5.26 Å². The van der Waals surface area contributed by atoms with Crippen LogP contribution in [0, 0.1) is 18.3 Å². The van der Waals surface area contributed by atoms with Crippen LogP contribution in [0.15, 0.2) is 30.3 Å². The van der Waals surface area contributed by atoms with E-state index in [1.165, 1.54) is 5.56 Å². The zero-order chi connectivity index (χ0) is 25.4. The lowest BCUT2D eigenvalue weighted by Gasteiger charge is -2.34. The summed E-state index contributed by atoms with van der Waals surface area (Å²) in [5.41, 5.74) is 3.01. The molecular formula is C28H41N3O3. The van der Waals surface area contributed by atoms with Crippen molar-refractivity contribution >= 4 is 5.91 Å². The van der Waals surface area contributed by atoms with E-state index in [4.69, 9.17) is 10.00 Å². The molecule has 1 amide bonds. The molecule has 0 unspecified atom stereocenters. The maximum atomic E-state index is 12.6. The SMILES string of the molecule is CCn1c(C(=O)NCC#N)ccc1C(CC)(CC)c1ccc(OCCC(O)(CC)CC)c(C)c1. The summed E-state index contributed by atoms with van der Waals surface area (Å²) in [4.78, 5) is 12.6. The molecule has 2 rings (SSSR count). The minimum atomic E-state index is -0.670. The standard InChI is InChI=1S/C28H41N3O3/c1-7-27(33,8-2)16-19-34-24-14-12-22(20-21(24)6)28(9-3,10-4)25-15-13-23(31(25)11-5)26(32)30-18-17-29/h12-15,20,33H,7-11,16,18-19H2,1-6H3,(H,30,32). The number of carbonyl (C=O) groups excluding carboxylic acids is 1. The van der Waals surface area contributed by atoms with Gasteiger partial charge in [0, 0.05) is 24.1 Å². The fraction of sp³-hybridized carbons (Fsp3) is 0.571. The van der Waals surface area contributed by atoms with E-state index in [0.717, 1.165) is 29.8 Å². The Labute approximate surface area is 204 Å². The molecule has 1 heterocycles. The number of benzene rings is 1. The number of hydrogen-bond acceptors (Lipinski definition) is 4. The number of amides is 1. The molecule has 2 aromatic rings. The van der Waals surface area contributed by atoms with Crippen molar-refractivity contribution in [3.8, 4) is 11.8 Å². The Morgan fingerprint density at radius 3 is 2.29 bits per heavy atom. The first-order valence-electron chi connectivity index (χ1n) is 12.6. The van der Waals surface area contributed by atoms with Crippen molar-refractivity contribution < 1.29 is 14.6 Å². The van der Waals surface area contributed by atoms with Gasteiger partial charge in [0.15, 0.2) is 0 Å². The van der Waals surface area contributed by atoms with Crippen LogP contribution in [0.1, 0.15) is 94.0 Å².